The highest BCUT2D eigenvalue weighted by Gasteiger charge is 2.17. The Bertz CT molecular complexity index is 524. The van der Waals surface area contributed by atoms with E-state index in [1.165, 1.54) is 0 Å². The lowest BCUT2D eigenvalue weighted by atomic mass is 10.0. The lowest BCUT2D eigenvalue weighted by Gasteiger charge is -2.22. The Morgan fingerprint density at radius 1 is 1.25 bits per heavy atom. The van der Waals surface area contributed by atoms with Gasteiger partial charge in [-0.1, -0.05) is 24.3 Å². The standard InChI is InChI=1S/C14H21NO4S/c16-10-13-2-1-3-14(8-13)11-20(17,18)15-9-12-4-6-19-7-5-12/h1-3,8,12,15-16H,4-7,9-11H2. The van der Waals surface area contributed by atoms with Gasteiger partial charge in [0.15, 0.2) is 0 Å². The Morgan fingerprint density at radius 3 is 2.65 bits per heavy atom. The van der Waals surface area contributed by atoms with Gasteiger partial charge in [-0.15, -0.1) is 0 Å². The summed E-state index contributed by atoms with van der Waals surface area (Å²) in [6, 6.07) is 7.00. The molecule has 2 rings (SSSR count). The number of ether oxygens (including phenoxy) is 1. The molecule has 0 aliphatic carbocycles. The first-order chi connectivity index (χ1) is 9.59. The van der Waals surface area contributed by atoms with Gasteiger partial charge < -0.3 is 9.84 Å². The van der Waals surface area contributed by atoms with E-state index in [0.717, 1.165) is 18.4 Å². The van der Waals surface area contributed by atoms with Crippen molar-refractivity contribution in [2.75, 3.05) is 19.8 Å². The molecule has 1 fully saturated rings. The lowest BCUT2D eigenvalue weighted by Crippen LogP contribution is -2.33. The van der Waals surface area contributed by atoms with Crippen LogP contribution in [0.25, 0.3) is 0 Å². The molecule has 20 heavy (non-hydrogen) atoms. The maximum Gasteiger partial charge on any atom is 0.215 e. The SMILES string of the molecule is O=S(=O)(Cc1cccc(CO)c1)NCC1CCOCC1. The number of sulfonamides is 1. The van der Waals surface area contributed by atoms with Crippen molar-refractivity contribution >= 4 is 10.0 Å². The largest absolute Gasteiger partial charge is 0.392 e. The quantitative estimate of drug-likeness (QED) is 0.822. The summed E-state index contributed by atoms with van der Waals surface area (Å²) in [5.74, 6) is 0.312. The fourth-order valence-corrected chi connectivity index (χ4v) is 3.49. The van der Waals surface area contributed by atoms with Crippen molar-refractivity contribution in [1.29, 1.82) is 0 Å². The number of aliphatic hydroxyl groups is 1. The predicted molar refractivity (Wildman–Crippen MR) is 76.5 cm³/mol. The fourth-order valence-electron chi connectivity index (χ4n) is 2.28. The van der Waals surface area contributed by atoms with Crippen molar-refractivity contribution in [3.8, 4) is 0 Å². The predicted octanol–water partition coefficient (Wildman–Crippen LogP) is 1.02. The Kier molecular flexibility index (Phi) is 5.54. The third-order valence-corrected chi connectivity index (χ3v) is 4.78. The highest BCUT2D eigenvalue weighted by molar-refractivity contribution is 7.88. The minimum Gasteiger partial charge on any atom is -0.392 e. The first-order valence-corrected chi connectivity index (χ1v) is 8.48. The Hall–Kier alpha value is -0.950. The van der Waals surface area contributed by atoms with E-state index in [0.29, 0.717) is 31.2 Å². The molecule has 1 aliphatic heterocycles. The molecule has 1 aromatic rings. The van der Waals surface area contributed by atoms with Crippen LogP contribution in [-0.4, -0.2) is 33.3 Å². The minimum absolute atomic E-state index is 0.0515. The summed E-state index contributed by atoms with van der Waals surface area (Å²) in [5.41, 5.74) is 1.41. The minimum atomic E-state index is -3.33. The lowest BCUT2D eigenvalue weighted by molar-refractivity contribution is 0.0678. The van der Waals surface area contributed by atoms with Gasteiger partial charge in [0, 0.05) is 19.8 Å². The van der Waals surface area contributed by atoms with E-state index in [9.17, 15) is 8.42 Å². The van der Waals surface area contributed by atoms with E-state index >= 15 is 0 Å². The van der Waals surface area contributed by atoms with Gasteiger partial charge in [0.05, 0.1) is 12.4 Å². The van der Waals surface area contributed by atoms with Crippen LogP contribution < -0.4 is 4.72 Å². The third kappa shape index (κ3) is 4.86. The molecule has 5 nitrogen and oxygen atoms in total. The Morgan fingerprint density at radius 2 is 1.95 bits per heavy atom. The van der Waals surface area contributed by atoms with E-state index in [2.05, 4.69) is 4.72 Å². The molecule has 6 heteroatoms. The highest BCUT2D eigenvalue weighted by atomic mass is 32.2. The summed E-state index contributed by atoms with van der Waals surface area (Å²) in [7, 11) is -3.33. The van der Waals surface area contributed by atoms with Crippen LogP contribution in [0.3, 0.4) is 0 Å². The molecule has 0 radical (unpaired) electrons. The number of benzene rings is 1. The Labute approximate surface area is 120 Å². The molecule has 0 aromatic heterocycles. The van der Waals surface area contributed by atoms with E-state index in [1.807, 2.05) is 0 Å². The average Bonchev–Trinajstić information content (AvgIpc) is 2.46. The van der Waals surface area contributed by atoms with E-state index in [4.69, 9.17) is 9.84 Å². The molecule has 0 bridgehead atoms. The van der Waals surface area contributed by atoms with Crippen LogP contribution in [0.4, 0.5) is 0 Å². The van der Waals surface area contributed by atoms with Crippen molar-refractivity contribution in [2.24, 2.45) is 5.92 Å². The van der Waals surface area contributed by atoms with E-state index in [1.54, 1.807) is 24.3 Å². The molecule has 0 spiro atoms. The van der Waals surface area contributed by atoms with Crippen molar-refractivity contribution in [1.82, 2.24) is 4.72 Å². The van der Waals surface area contributed by atoms with Gasteiger partial charge >= 0.3 is 0 Å². The van der Waals surface area contributed by atoms with Crippen molar-refractivity contribution in [3.63, 3.8) is 0 Å². The second-order valence-corrected chi connectivity index (χ2v) is 6.95. The molecule has 1 saturated heterocycles. The second-order valence-electron chi connectivity index (χ2n) is 5.14. The van der Waals surface area contributed by atoms with Crippen molar-refractivity contribution < 1.29 is 18.3 Å². The molecule has 0 saturated carbocycles. The number of aliphatic hydroxyl groups excluding tert-OH is 1. The smallest absolute Gasteiger partial charge is 0.215 e. The van der Waals surface area contributed by atoms with Gasteiger partial charge in [-0.2, -0.15) is 0 Å². The van der Waals surface area contributed by atoms with Gasteiger partial charge in [-0.05, 0) is 29.9 Å². The first kappa shape index (κ1) is 15.4. The van der Waals surface area contributed by atoms with Crippen LogP contribution in [0, 0.1) is 5.92 Å². The van der Waals surface area contributed by atoms with Crippen LogP contribution in [0.5, 0.6) is 0 Å². The van der Waals surface area contributed by atoms with Gasteiger partial charge in [-0.3, -0.25) is 0 Å². The first-order valence-electron chi connectivity index (χ1n) is 6.83. The van der Waals surface area contributed by atoms with E-state index < -0.39 is 10.0 Å². The summed E-state index contributed by atoms with van der Waals surface area (Å²) in [6.45, 7) is 1.82. The molecular weight excluding hydrogens is 278 g/mol. The monoisotopic (exact) mass is 299 g/mol. The van der Waals surface area contributed by atoms with Gasteiger partial charge in [0.2, 0.25) is 10.0 Å². The summed E-state index contributed by atoms with van der Waals surface area (Å²) < 4.78 is 32.0. The third-order valence-electron chi connectivity index (χ3n) is 3.46. The maximum atomic E-state index is 12.0. The Balaban J connectivity index is 1.89. The molecular formula is C14H21NO4S. The molecule has 0 amide bonds. The highest BCUT2D eigenvalue weighted by Crippen LogP contribution is 2.14. The maximum absolute atomic E-state index is 12.0. The molecule has 1 aliphatic rings. The normalized spacial score (nSPS) is 17.2. The van der Waals surface area contributed by atoms with Crippen LogP contribution in [0.15, 0.2) is 24.3 Å². The molecule has 2 N–H and O–H groups in total. The number of hydrogen-bond donors (Lipinski definition) is 2. The second kappa shape index (κ2) is 7.17. The van der Waals surface area contributed by atoms with Crippen molar-refractivity contribution in [2.45, 2.75) is 25.2 Å². The summed E-state index contributed by atoms with van der Waals surface area (Å²) in [4.78, 5) is 0. The number of rotatable bonds is 6. The van der Waals surface area contributed by atoms with Crippen LogP contribution in [-0.2, 0) is 27.1 Å². The van der Waals surface area contributed by atoms with Crippen LogP contribution in [0.1, 0.15) is 24.0 Å². The van der Waals surface area contributed by atoms with Crippen LogP contribution in [0.2, 0.25) is 0 Å². The zero-order valence-corrected chi connectivity index (χ0v) is 12.2. The molecule has 0 unspecified atom stereocenters. The van der Waals surface area contributed by atoms with Gasteiger partial charge in [0.1, 0.15) is 0 Å². The topological polar surface area (TPSA) is 75.6 Å². The van der Waals surface area contributed by atoms with Gasteiger partial charge in [0.25, 0.3) is 0 Å². The molecule has 0 atom stereocenters. The fraction of sp³-hybridized carbons (Fsp3) is 0.571. The van der Waals surface area contributed by atoms with Crippen molar-refractivity contribution in [3.05, 3.63) is 35.4 Å². The number of hydrogen-bond acceptors (Lipinski definition) is 4. The summed E-state index contributed by atoms with van der Waals surface area (Å²) in [5, 5.41) is 9.06. The zero-order chi connectivity index (χ0) is 14.4. The summed E-state index contributed by atoms with van der Waals surface area (Å²) >= 11 is 0. The molecule has 1 heterocycles. The van der Waals surface area contributed by atoms with Crippen LogP contribution >= 0.6 is 0 Å². The van der Waals surface area contributed by atoms with Gasteiger partial charge in [-0.25, -0.2) is 13.1 Å². The zero-order valence-electron chi connectivity index (χ0n) is 11.4. The number of nitrogens with one attached hydrogen (secondary N) is 1. The average molecular weight is 299 g/mol. The molecule has 1 aromatic carbocycles. The van der Waals surface area contributed by atoms with E-state index in [-0.39, 0.29) is 12.4 Å². The molecule has 112 valence electrons. The summed E-state index contributed by atoms with van der Waals surface area (Å²) in [6.07, 6.45) is 1.81.